The van der Waals surface area contributed by atoms with Gasteiger partial charge in [-0.1, -0.05) is 45.7 Å². The van der Waals surface area contributed by atoms with Crippen LogP contribution in [0.1, 0.15) is 15.3 Å². The zero-order valence-corrected chi connectivity index (χ0v) is 12.9. The quantitative estimate of drug-likeness (QED) is 0.451. The van der Waals surface area contributed by atoms with Crippen molar-refractivity contribution in [1.29, 1.82) is 0 Å². The molecule has 0 nitrogen and oxygen atoms in total. The molecule has 0 aliphatic heterocycles. The van der Waals surface area contributed by atoms with Crippen LogP contribution in [-0.2, 0) is 0 Å². The molecule has 0 saturated carbocycles. The van der Waals surface area contributed by atoms with E-state index < -0.39 is 0 Å². The van der Waals surface area contributed by atoms with E-state index >= 15 is 0 Å². The Hall–Kier alpha value is 0.420. The van der Waals surface area contributed by atoms with Crippen LogP contribution in [0.2, 0.25) is 4.34 Å². The van der Waals surface area contributed by atoms with Gasteiger partial charge in [0.2, 0.25) is 0 Å². The number of halogens is 3. The lowest BCUT2D eigenvalue weighted by Crippen LogP contribution is -1.92. The van der Waals surface area contributed by atoms with E-state index in [0.717, 1.165) is 4.34 Å². The molecule has 0 spiro atoms. The molecule has 0 bridgehead atoms. The first-order valence-corrected chi connectivity index (χ1v) is 7.51. The largest absolute Gasteiger partial charge is 0.127 e. The van der Waals surface area contributed by atoms with Gasteiger partial charge in [-0.3, -0.25) is 0 Å². The number of alkyl halides is 1. The Bertz CT molecular complexity index is 469. The van der Waals surface area contributed by atoms with Gasteiger partial charge in [0.1, 0.15) is 0 Å². The minimum Gasteiger partial charge on any atom is -0.127 e. The third-order valence-corrected chi connectivity index (χ3v) is 5.59. The highest BCUT2D eigenvalue weighted by Crippen LogP contribution is 2.38. The predicted molar refractivity (Wildman–Crippen MR) is 79.3 cm³/mol. The Balaban J connectivity index is 2.36. The van der Waals surface area contributed by atoms with Crippen molar-refractivity contribution in [3.8, 4) is 0 Å². The van der Waals surface area contributed by atoms with Gasteiger partial charge in [-0.15, -0.1) is 11.3 Å². The van der Waals surface area contributed by atoms with Gasteiger partial charge in [-0.05, 0) is 46.4 Å². The van der Waals surface area contributed by atoms with Crippen LogP contribution in [0.3, 0.4) is 0 Å². The maximum atomic E-state index is 5.93. The van der Waals surface area contributed by atoms with Crippen molar-refractivity contribution in [3.63, 3.8) is 0 Å². The molecule has 1 aromatic heterocycles. The van der Waals surface area contributed by atoms with E-state index in [9.17, 15) is 0 Å². The summed E-state index contributed by atoms with van der Waals surface area (Å²) in [6.45, 7) is 0. The Morgan fingerprint density at radius 3 is 2.53 bits per heavy atom. The minimum absolute atomic E-state index is 0.239. The van der Waals surface area contributed by atoms with Crippen molar-refractivity contribution in [2.45, 2.75) is 4.83 Å². The first-order chi connectivity index (χ1) is 7.18. The molecule has 1 atom stereocenters. The van der Waals surface area contributed by atoms with Crippen molar-refractivity contribution in [2.75, 3.05) is 0 Å². The zero-order valence-electron chi connectivity index (χ0n) is 7.58. The summed E-state index contributed by atoms with van der Waals surface area (Å²) in [7, 11) is 0. The number of hydrogen-bond acceptors (Lipinski definition) is 1. The topological polar surface area (TPSA) is 0 Å². The summed E-state index contributed by atoms with van der Waals surface area (Å²) in [5.74, 6) is 0. The molecule has 0 saturated heterocycles. The van der Waals surface area contributed by atoms with Crippen LogP contribution >= 0.6 is 61.5 Å². The van der Waals surface area contributed by atoms with Crippen molar-refractivity contribution in [3.05, 3.63) is 54.7 Å². The lowest BCUT2D eigenvalue weighted by Gasteiger charge is -2.09. The van der Waals surface area contributed by atoms with Gasteiger partial charge >= 0.3 is 0 Å². The number of hydrogen-bond donors (Lipinski definition) is 0. The summed E-state index contributed by atoms with van der Waals surface area (Å²) in [6.07, 6.45) is 0. The van der Waals surface area contributed by atoms with Crippen LogP contribution in [0.15, 0.2) is 36.4 Å². The average molecular weight is 414 g/mol. The summed E-state index contributed by atoms with van der Waals surface area (Å²) >= 11 is 13.6. The second-order valence-corrected chi connectivity index (χ2v) is 6.85. The van der Waals surface area contributed by atoms with E-state index in [1.54, 1.807) is 11.3 Å². The molecule has 2 aromatic rings. The van der Waals surface area contributed by atoms with Crippen LogP contribution in [0, 0.1) is 3.57 Å². The van der Waals surface area contributed by atoms with Crippen molar-refractivity contribution >= 4 is 61.5 Å². The summed E-state index contributed by atoms with van der Waals surface area (Å²) in [5, 5.41) is 0. The molecule has 1 unspecified atom stereocenters. The second kappa shape index (κ2) is 5.17. The second-order valence-electron chi connectivity index (χ2n) is 3.03. The fourth-order valence-corrected chi connectivity index (χ4v) is 4.32. The molecule has 78 valence electrons. The Morgan fingerprint density at radius 2 is 1.93 bits per heavy atom. The summed E-state index contributed by atoms with van der Waals surface area (Å²) in [6, 6.07) is 12.3. The number of thiophene rings is 1. The summed E-state index contributed by atoms with van der Waals surface area (Å²) in [4.78, 5) is 1.48. The van der Waals surface area contributed by atoms with Crippen molar-refractivity contribution in [1.82, 2.24) is 0 Å². The summed E-state index contributed by atoms with van der Waals surface area (Å²) in [5.41, 5.74) is 1.29. The van der Waals surface area contributed by atoms with E-state index in [0.29, 0.717) is 0 Å². The lowest BCUT2D eigenvalue weighted by molar-refractivity contribution is 1.21. The molecular formula is C11H7BrClIS. The average Bonchev–Trinajstić information content (AvgIpc) is 2.65. The van der Waals surface area contributed by atoms with Gasteiger partial charge in [0, 0.05) is 8.45 Å². The number of rotatable bonds is 2. The van der Waals surface area contributed by atoms with E-state index in [1.807, 2.05) is 12.1 Å². The summed E-state index contributed by atoms with van der Waals surface area (Å²) < 4.78 is 2.10. The van der Waals surface area contributed by atoms with Crippen LogP contribution in [0.25, 0.3) is 0 Å². The molecule has 4 heteroatoms. The van der Waals surface area contributed by atoms with Crippen molar-refractivity contribution < 1.29 is 0 Å². The monoisotopic (exact) mass is 412 g/mol. The van der Waals surface area contributed by atoms with E-state index in [2.05, 4.69) is 62.8 Å². The minimum atomic E-state index is 0.239. The molecule has 1 aromatic carbocycles. The maximum Gasteiger partial charge on any atom is 0.0931 e. The molecular weight excluding hydrogens is 406 g/mol. The van der Waals surface area contributed by atoms with Gasteiger partial charge < -0.3 is 0 Å². The van der Waals surface area contributed by atoms with E-state index in [4.69, 9.17) is 11.6 Å². The Kier molecular flexibility index (Phi) is 4.10. The van der Waals surface area contributed by atoms with E-state index in [1.165, 1.54) is 14.0 Å². The fourth-order valence-electron chi connectivity index (χ4n) is 1.30. The third kappa shape index (κ3) is 2.75. The molecule has 0 amide bonds. The molecule has 2 rings (SSSR count). The van der Waals surface area contributed by atoms with Gasteiger partial charge in [0.25, 0.3) is 0 Å². The molecule has 0 aliphatic rings. The lowest BCUT2D eigenvalue weighted by atomic mass is 10.1. The van der Waals surface area contributed by atoms with Gasteiger partial charge in [0.05, 0.1) is 9.16 Å². The van der Waals surface area contributed by atoms with Crippen LogP contribution in [0.5, 0.6) is 0 Å². The van der Waals surface area contributed by atoms with Gasteiger partial charge in [-0.2, -0.15) is 0 Å². The molecule has 0 fully saturated rings. The molecule has 0 aliphatic carbocycles. The van der Waals surface area contributed by atoms with Crippen molar-refractivity contribution in [2.24, 2.45) is 0 Å². The fraction of sp³-hybridized carbons (Fsp3) is 0.0909. The molecule has 1 heterocycles. The highest BCUT2D eigenvalue weighted by atomic mass is 127. The Labute approximate surface area is 120 Å². The van der Waals surface area contributed by atoms with Gasteiger partial charge in [-0.25, -0.2) is 0 Å². The zero-order chi connectivity index (χ0) is 10.8. The SMILES string of the molecule is Clc1ccc(C(Br)c2ccccc2I)s1. The maximum absolute atomic E-state index is 5.93. The number of benzene rings is 1. The highest BCUT2D eigenvalue weighted by molar-refractivity contribution is 14.1. The third-order valence-electron chi connectivity index (χ3n) is 2.02. The predicted octanol–water partition coefficient (Wildman–Crippen LogP) is 5.49. The van der Waals surface area contributed by atoms with Crippen LogP contribution in [-0.4, -0.2) is 0 Å². The molecule has 0 N–H and O–H groups in total. The molecule has 0 radical (unpaired) electrons. The first-order valence-electron chi connectivity index (χ1n) is 4.32. The normalized spacial score (nSPS) is 12.7. The van der Waals surface area contributed by atoms with Crippen LogP contribution in [0.4, 0.5) is 0 Å². The van der Waals surface area contributed by atoms with Crippen LogP contribution < -0.4 is 0 Å². The first kappa shape index (κ1) is 11.9. The Morgan fingerprint density at radius 1 is 1.20 bits per heavy atom. The molecule has 15 heavy (non-hydrogen) atoms. The van der Waals surface area contributed by atoms with Gasteiger partial charge in [0.15, 0.2) is 0 Å². The smallest absolute Gasteiger partial charge is 0.0931 e. The van der Waals surface area contributed by atoms with E-state index in [-0.39, 0.29) is 4.83 Å². The highest BCUT2D eigenvalue weighted by Gasteiger charge is 2.14. The standard InChI is InChI=1S/C11H7BrClIS/c12-11(9-5-6-10(13)15-9)7-3-1-2-4-8(7)14/h1-6,11H.